The standard InChI is InChI=1S/C13H11BrFNO2/c1-7-8(5-13(17)18-2)3-9-4-11(15)10(14)6-12(9)16-7/h3-4,6H,5H2,1-2H3. The summed E-state index contributed by atoms with van der Waals surface area (Å²) in [5.74, 6) is -0.686. The summed E-state index contributed by atoms with van der Waals surface area (Å²) in [6, 6.07) is 4.79. The van der Waals surface area contributed by atoms with Crippen molar-refractivity contribution in [3.63, 3.8) is 0 Å². The molecular weight excluding hydrogens is 301 g/mol. The molecule has 0 bridgehead atoms. The van der Waals surface area contributed by atoms with Gasteiger partial charge in [-0.25, -0.2) is 4.39 Å². The van der Waals surface area contributed by atoms with Crippen molar-refractivity contribution in [2.45, 2.75) is 13.3 Å². The number of fused-ring (bicyclic) bond motifs is 1. The van der Waals surface area contributed by atoms with Crippen LogP contribution in [0.1, 0.15) is 11.3 Å². The summed E-state index contributed by atoms with van der Waals surface area (Å²) in [7, 11) is 1.34. The van der Waals surface area contributed by atoms with Crippen LogP contribution in [-0.4, -0.2) is 18.1 Å². The van der Waals surface area contributed by atoms with Crippen LogP contribution in [0.25, 0.3) is 10.9 Å². The number of halogens is 2. The zero-order chi connectivity index (χ0) is 13.3. The van der Waals surface area contributed by atoms with Gasteiger partial charge < -0.3 is 4.74 Å². The number of carbonyl (C=O) groups excluding carboxylic acids is 1. The molecule has 0 saturated carbocycles. The van der Waals surface area contributed by atoms with Crippen LogP contribution >= 0.6 is 15.9 Å². The van der Waals surface area contributed by atoms with E-state index >= 15 is 0 Å². The third-order valence-electron chi connectivity index (χ3n) is 2.71. The van der Waals surface area contributed by atoms with Crippen LogP contribution in [0, 0.1) is 12.7 Å². The van der Waals surface area contributed by atoms with Gasteiger partial charge in [-0.1, -0.05) is 0 Å². The van der Waals surface area contributed by atoms with Crippen molar-refractivity contribution in [3.05, 3.63) is 39.7 Å². The van der Waals surface area contributed by atoms with E-state index in [1.165, 1.54) is 13.2 Å². The monoisotopic (exact) mass is 311 g/mol. The van der Waals surface area contributed by atoms with Gasteiger partial charge in [0.25, 0.3) is 0 Å². The first-order chi connectivity index (χ1) is 8.51. The second-order valence-electron chi connectivity index (χ2n) is 3.94. The van der Waals surface area contributed by atoms with E-state index in [0.717, 1.165) is 11.3 Å². The Morgan fingerprint density at radius 3 is 2.83 bits per heavy atom. The molecule has 0 amide bonds. The maximum atomic E-state index is 13.4. The molecule has 0 aliphatic rings. The predicted octanol–water partition coefficient (Wildman–Crippen LogP) is 3.16. The zero-order valence-electron chi connectivity index (χ0n) is 9.96. The number of esters is 1. The zero-order valence-corrected chi connectivity index (χ0v) is 11.5. The fourth-order valence-electron chi connectivity index (χ4n) is 1.72. The van der Waals surface area contributed by atoms with Crippen molar-refractivity contribution in [1.29, 1.82) is 0 Å². The van der Waals surface area contributed by atoms with Crippen LogP contribution in [0.15, 0.2) is 22.7 Å². The van der Waals surface area contributed by atoms with Gasteiger partial charge in [0.05, 0.1) is 23.5 Å². The smallest absolute Gasteiger partial charge is 0.310 e. The highest BCUT2D eigenvalue weighted by molar-refractivity contribution is 9.10. The van der Waals surface area contributed by atoms with Crippen molar-refractivity contribution in [1.82, 2.24) is 4.98 Å². The molecule has 2 aromatic rings. The van der Waals surface area contributed by atoms with Gasteiger partial charge in [-0.3, -0.25) is 9.78 Å². The van der Waals surface area contributed by atoms with Crippen molar-refractivity contribution in [2.75, 3.05) is 7.11 Å². The van der Waals surface area contributed by atoms with E-state index in [2.05, 4.69) is 25.7 Å². The Labute approximate surface area is 112 Å². The third-order valence-corrected chi connectivity index (χ3v) is 3.32. The minimum Gasteiger partial charge on any atom is -0.469 e. The number of ether oxygens (including phenoxy) is 1. The first-order valence-corrected chi connectivity index (χ1v) is 6.12. The van der Waals surface area contributed by atoms with Gasteiger partial charge in [0, 0.05) is 11.1 Å². The molecule has 0 unspecified atom stereocenters. The summed E-state index contributed by atoms with van der Waals surface area (Å²) in [5, 5.41) is 0.667. The van der Waals surface area contributed by atoms with Crippen LogP contribution in [-0.2, 0) is 16.0 Å². The van der Waals surface area contributed by atoms with E-state index in [0.29, 0.717) is 15.4 Å². The normalized spacial score (nSPS) is 10.7. The molecule has 0 aliphatic heterocycles. The largest absolute Gasteiger partial charge is 0.469 e. The highest BCUT2D eigenvalue weighted by Crippen LogP contribution is 2.24. The van der Waals surface area contributed by atoms with Crippen molar-refractivity contribution < 1.29 is 13.9 Å². The summed E-state index contributed by atoms with van der Waals surface area (Å²) in [5.41, 5.74) is 2.18. The number of benzene rings is 1. The Bertz CT molecular complexity index is 628. The number of nitrogens with zero attached hydrogens (tertiary/aromatic N) is 1. The second kappa shape index (κ2) is 5.02. The van der Waals surface area contributed by atoms with E-state index < -0.39 is 0 Å². The molecule has 0 spiro atoms. The average Bonchev–Trinajstić information content (AvgIpc) is 2.32. The highest BCUT2D eigenvalue weighted by Gasteiger charge is 2.10. The topological polar surface area (TPSA) is 39.2 Å². The van der Waals surface area contributed by atoms with E-state index in [1.54, 1.807) is 12.1 Å². The maximum Gasteiger partial charge on any atom is 0.310 e. The second-order valence-corrected chi connectivity index (χ2v) is 4.80. The molecule has 18 heavy (non-hydrogen) atoms. The fraction of sp³-hybridized carbons (Fsp3) is 0.231. The number of hydrogen-bond acceptors (Lipinski definition) is 3. The van der Waals surface area contributed by atoms with Gasteiger partial charge >= 0.3 is 5.97 Å². The van der Waals surface area contributed by atoms with Crippen LogP contribution in [0.4, 0.5) is 4.39 Å². The summed E-state index contributed by atoms with van der Waals surface area (Å²) in [4.78, 5) is 15.6. The fourth-order valence-corrected chi connectivity index (χ4v) is 2.05. The van der Waals surface area contributed by atoms with Crippen LogP contribution < -0.4 is 0 Å². The number of hydrogen-bond donors (Lipinski definition) is 0. The summed E-state index contributed by atoms with van der Waals surface area (Å²) in [6.07, 6.45) is 0.142. The van der Waals surface area contributed by atoms with Gasteiger partial charge in [-0.15, -0.1) is 0 Å². The molecule has 1 aromatic carbocycles. The van der Waals surface area contributed by atoms with E-state index in [-0.39, 0.29) is 18.2 Å². The molecule has 0 atom stereocenters. The molecule has 3 nitrogen and oxygen atoms in total. The van der Waals surface area contributed by atoms with Crippen molar-refractivity contribution in [2.24, 2.45) is 0 Å². The van der Waals surface area contributed by atoms with E-state index in [1.807, 2.05) is 6.92 Å². The van der Waals surface area contributed by atoms with E-state index in [9.17, 15) is 9.18 Å². The Morgan fingerprint density at radius 1 is 1.44 bits per heavy atom. The van der Waals surface area contributed by atoms with Gasteiger partial charge in [-0.2, -0.15) is 0 Å². The molecule has 94 valence electrons. The number of carbonyl (C=O) groups is 1. The first kappa shape index (κ1) is 13.0. The average molecular weight is 312 g/mol. The summed E-state index contributed by atoms with van der Waals surface area (Å²) < 4.78 is 18.4. The molecule has 5 heteroatoms. The number of aryl methyl sites for hydroxylation is 1. The Balaban J connectivity index is 2.53. The number of rotatable bonds is 2. The van der Waals surface area contributed by atoms with Crippen LogP contribution in [0.2, 0.25) is 0 Å². The van der Waals surface area contributed by atoms with Gasteiger partial charge in [0.2, 0.25) is 0 Å². The van der Waals surface area contributed by atoms with Crippen LogP contribution in [0.5, 0.6) is 0 Å². The number of methoxy groups -OCH3 is 1. The number of aromatic nitrogens is 1. The minimum absolute atomic E-state index is 0.142. The SMILES string of the molecule is COC(=O)Cc1cc2cc(F)c(Br)cc2nc1C. The lowest BCUT2D eigenvalue weighted by Crippen LogP contribution is -2.06. The molecule has 2 rings (SSSR count). The number of pyridine rings is 1. The molecule has 1 aromatic heterocycles. The highest BCUT2D eigenvalue weighted by atomic mass is 79.9. The summed E-state index contributed by atoms with van der Waals surface area (Å²) >= 11 is 3.12. The van der Waals surface area contributed by atoms with Crippen molar-refractivity contribution >= 4 is 32.8 Å². The molecular formula is C13H11BrFNO2. The van der Waals surface area contributed by atoms with Gasteiger partial charge in [0.1, 0.15) is 5.82 Å². The minimum atomic E-state index is -0.350. The summed E-state index contributed by atoms with van der Waals surface area (Å²) in [6.45, 7) is 1.81. The van der Waals surface area contributed by atoms with E-state index in [4.69, 9.17) is 0 Å². The Kier molecular flexibility index (Phi) is 3.61. The lowest BCUT2D eigenvalue weighted by atomic mass is 10.1. The molecule has 0 aliphatic carbocycles. The quantitative estimate of drug-likeness (QED) is 0.800. The molecule has 0 saturated heterocycles. The first-order valence-electron chi connectivity index (χ1n) is 5.33. The van der Waals surface area contributed by atoms with Crippen molar-refractivity contribution in [3.8, 4) is 0 Å². The van der Waals surface area contributed by atoms with Gasteiger partial charge in [0.15, 0.2) is 0 Å². The third kappa shape index (κ3) is 2.51. The van der Waals surface area contributed by atoms with Crippen LogP contribution in [0.3, 0.4) is 0 Å². The lowest BCUT2D eigenvalue weighted by Gasteiger charge is -2.07. The lowest BCUT2D eigenvalue weighted by molar-refractivity contribution is -0.139. The molecule has 1 heterocycles. The predicted molar refractivity (Wildman–Crippen MR) is 69.9 cm³/mol. The maximum absolute atomic E-state index is 13.4. The van der Waals surface area contributed by atoms with Gasteiger partial charge in [-0.05, 0) is 46.6 Å². The molecule has 0 N–H and O–H groups in total. The Hall–Kier alpha value is -1.49. The molecule has 0 radical (unpaired) electrons. The Morgan fingerprint density at radius 2 is 2.17 bits per heavy atom. The molecule has 0 fully saturated rings.